The molecule has 0 saturated heterocycles. The van der Waals surface area contributed by atoms with E-state index in [1.807, 2.05) is 18.7 Å². The zero-order chi connectivity index (χ0) is 7.11. The summed E-state index contributed by atoms with van der Waals surface area (Å²) >= 11 is 1.83. The third-order valence-corrected chi connectivity index (χ3v) is 1.75. The van der Waals surface area contributed by atoms with Gasteiger partial charge in [0.15, 0.2) is 0 Å². The van der Waals surface area contributed by atoms with E-state index in [0.29, 0.717) is 0 Å². The summed E-state index contributed by atoms with van der Waals surface area (Å²) in [5.74, 6) is 2.96. The summed E-state index contributed by atoms with van der Waals surface area (Å²) in [6.45, 7) is 8.58. The second-order valence-corrected chi connectivity index (χ2v) is 2.88. The van der Waals surface area contributed by atoms with Crippen LogP contribution in [-0.2, 0) is 4.74 Å². The molecule has 0 aliphatic heterocycles. The maximum atomic E-state index is 5.13. The van der Waals surface area contributed by atoms with Crippen LogP contribution in [0.3, 0.4) is 0 Å². The predicted molar refractivity (Wildman–Crippen MR) is 43.8 cm³/mol. The minimum atomic E-state index is 0.739. The van der Waals surface area contributed by atoms with Gasteiger partial charge < -0.3 is 4.74 Å². The predicted octanol–water partition coefficient (Wildman–Crippen LogP) is 2.29. The molecule has 1 nitrogen and oxygen atoms in total. The van der Waals surface area contributed by atoms with Gasteiger partial charge in [-0.25, -0.2) is 0 Å². The molecule has 0 aliphatic carbocycles. The zero-order valence-corrected chi connectivity index (χ0v) is 6.96. The van der Waals surface area contributed by atoms with E-state index in [2.05, 4.69) is 13.5 Å². The molecule has 0 heterocycles. The second kappa shape index (κ2) is 6.02. The van der Waals surface area contributed by atoms with Crippen LogP contribution in [0.15, 0.2) is 12.3 Å². The van der Waals surface area contributed by atoms with Crippen molar-refractivity contribution in [2.75, 3.05) is 18.1 Å². The summed E-state index contributed by atoms with van der Waals surface area (Å²) in [6, 6.07) is 0. The van der Waals surface area contributed by atoms with Crippen LogP contribution in [0.1, 0.15) is 13.8 Å². The second-order valence-electron chi connectivity index (χ2n) is 1.61. The van der Waals surface area contributed by atoms with Gasteiger partial charge in [0.1, 0.15) is 0 Å². The number of hydrogen-bond donors (Lipinski definition) is 0. The summed E-state index contributed by atoms with van der Waals surface area (Å²) in [5.41, 5.74) is 0. The number of thioether (sulfide) groups is 1. The Balaban J connectivity index is 3.06. The van der Waals surface area contributed by atoms with Crippen LogP contribution >= 0.6 is 11.8 Å². The Morgan fingerprint density at radius 2 is 2.22 bits per heavy atom. The Bertz CT molecular complexity index is 81.0. The Morgan fingerprint density at radius 1 is 1.56 bits per heavy atom. The molecule has 0 aromatic carbocycles. The lowest BCUT2D eigenvalue weighted by atomic mass is 10.6. The maximum absolute atomic E-state index is 5.13. The summed E-state index contributed by atoms with van der Waals surface area (Å²) in [7, 11) is 0. The minimum Gasteiger partial charge on any atom is -0.498 e. The van der Waals surface area contributed by atoms with Crippen LogP contribution in [0.4, 0.5) is 0 Å². The molecule has 2 heteroatoms. The molecule has 0 amide bonds. The molecule has 0 radical (unpaired) electrons. The van der Waals surface area contributed by atoms with E-state index in [4.69, 9.17) is 4.74 Å². The van der Waals surface area contributed by atoms with Crippen LogP contribution in [0.25, 0.3) is 0 Å². The van der Waals surface area contributed by atoms with Crippen molar-refractivity contribution in [3.8, 4) is 0 Å². The standard InChI is InChI=1S/C7H14OS/c1-4-8-7(3)6-9-5-2/h3-6H2,1-2H3. The molecule has 0 unspecified atom stereocenters. The first-order chi connectivity index (χ1) is 4.31. The van der Waals surface area contributed by atoms with Gasteiger partial charge in [0.2, 0.25) is 0 Å². The van der Waals surface area contributed by atoms with E-state index in [1.165, 1.54) is 0 Å². The minimum absolute atomic E-state index is 0.739. The van der Waals surface area contributed by atoms with Gasteiger partial charge in [-0.05, 0) is 12.7 Å². The van der Waals surface area contributed by atoms with Gasteiger partial charge in [0, 0.05) is 0 Å². The molecule has 0 aliphatic rings. The van der Waals surface area contributed by atoms with Crippen molar-refractivity contribution in [1.29, 1.82) is 0 Å². The van der Waals surface area contributed by atoms with Gasteiger partial charge in [-0.2, -0.15) is 11.8 Å². The van der Waals surface area contributed by atoms with Gasteiger partial charge in [0.25, 0.3) is 0 Å². The topological polar surface area (TPSA) is 9.23 Å². The highest BCUT2D eigenvalue weighted by molar-refractivity contribution is 7.99. The molecule has 54 valence electrons. The van der Waals surface area contributed by atoms with Gasteiger partial charge in [-0.3, -0.25) is 0 Å². The fraction of sp³-hybridized carbons (Fsp3) is 0.714. The molecule has 0 fully saturated rings. The van der Waals surface area contributed by atoms with Crippen LogP contribution in [-0.4, -0.2) is 18.1 Å². The van der Waals surface area contributed by atoms with Gasteiger partial charge in [-0.15, -0.1) is 0 Å². The Hall–Kier alpha value is -0.110. The molecule has 0 rings (SSSR count). The van der Waals surface area contributed by atoms with Crippen LogP contribution in [0.2, 0.25) is 0 Å². The zero-order valence-electron chi connectivity index (χ0n) is 6.14. The molecular formula is C7H14OS. The number of hydrogen-bond acceptors (Lipinski definition) is 2. The summed E-state index contributed by atoms with van der Waals surface area (Å²) in [4.78, 5) is 0. The first-order valence-corrected chi connectivity index (χ1v) is 4.35. The average Bonchev–Trinajstić information content (AvgIpc) is 1.85. The van der Waals surface area contributed by atoms with Crippen molar-refractivity contribution in [2.24, 2.45) is 0 Å². The lowest BCUT2D eigenvalue weighted by molar-refractivity contribution is 0.235. The lowest BCUT2D eigenvalue weighted by Gasteiger charge is -2.03. The Labute approximate surface area is 61.5 Å². The van der Waals surface area contributed by atoms with Crippen molar-refractivity contribution in [2.45, 2.75) is 13.8 Å². The van der Waals surface area contributed by atoms with Crippen molar-refractivity contribution < 1.29 is 4.74 Å². The molecule has 0 spiro atoms. The fourth-order valence-electron chi connectivity index (χ4n) is 0.462. The molecule has 0 saturated carbocycles. The summed E-state index contributed by atoms with van der Waals surface area (Å²) < 4.78 is 5.13. The van der Waals surface area contributed by atoms with Crippen molar-refractivity contribution in [3.63, 3.8) is 0 Å². The lowest BCUT2D eigenvalue weighted by Crippen LogP contribution is -1.92. The van der Waals surface area contributed by atoms with Crippen molar-refractivity contribution >= 4 is 11.8 Å². The highest BCUT2D eigenvalue weighted by atomic mass is 32.2. The number of rotatable bonds is 5. The summed E-state index contributed by atoms with van der Waals surface area (Å²) in [6.07, 6.45) is 0. The SMILES string of the molecule is C=C(CSCC)OCC. The number of ether oxygens (including phenoxy) is 1. The normalized spacial score (nSPS) is 9.11. The highest BCUT2D eigenvalue weighted by Crippen LogP contribution is 2.05. The highest BCUT2D eigenvalue weighted by Gasteiger charge is 1.90. The van der Waals surface area contributed by atoms with Crippen LogP contribution < -0.4 is 0 Å². The Morgan fingerprint density at radius 3 is 2.67 bits per heavy atom. The molecule has 0 N–H and O–H groups in total. The summed E-state index contributed by atoms with van der Waals surface area (Å²) in [5, 5.41) is 0. The molecule has 9 heavy (non-hydrogen) atoms. The third kappa shape index (κ3) is 5.77. The van der Waals surface area contributed by atoms with Gasteiger partial charge in [0.05, 0.1) is 18.1 Å². The quantitative estimate of drug-likeness (QED) is 0.550. The van der Waals surface area contributed by atoms with Crippen LogP contribution in [0, 0.1) is 0 Å². The van der Waals surface area contributed by atoms with E-state index in [0.717, 1.165) is 23.9 Å². The van der Waals surface area contributed by atoms with Crippen molar-refractivity contribution in [1.82, 2.24) is 0 Å². The largest absolute Gasteiger partial charge is 0.498 e. The molecule has 0 atom stereocenters. The molecular weight excluding hydrogens is 132 g/mol. The van der Waals surface area contributed by atoms with Gasteiger partial charge in [-0.1, -0.05) is 13.5 Å². The van der Waals surface area contributed by atoms with E-state index in [1.54, 1.807) is 0 Å². The first kappa shape index (κ1) is 8.89. The maximum Gasteiger partial charge on any atom is 0.0986 e. The molecule has 0 aromatic heterocycles. The monoisotopic (exact) mass is 146 g/mol. The van der Waals surface area contributed by atoms with E-state index in [9.17, 15) is 0 Å². The molecule has 0 aromatic rings. The fourth-order valence-corrected chi connectivity index (χ4v) is 0.977. The molecule has 0 bridgehead atoms. The van der Waals surface area contributed by atoms with E-state index in [-0.39, 0.29) is 0 Å². The van der Waals surface area contributed by atoms with Crippen molar-refractivity contribution in [3.05, 3.63) is 12.3 Å². The smallest absolute Gasteiger partial charge is 0.0986 e. The van der Waals surface area contributed by atoms with E-state index < -0.39 is 0 Å². The van der Waals surface area contributed by atoms with Gasteiger partial charge >= 0.3 is 0 Å². The Kier molecular flexibility index (Phi) is 5.94. The van der Waals surface area contributed by atoms with E-state index >= 15 is 0 Å². The third-order valence-electron chi connectivity index (χ3n) is 0.816. The van der Waals surface area contributed by atoms with Crippen LogP contribution in [0.5, 0.6) is 0 Å². The average molecular weight is 146 g/mol. The first-order valence-electron chi connectivity index (χ1n) is 3.19.